The highest BCUT2D eigenvalue weighted by atomic mass is 16.5. The summed E-state index contributed by atoms with van der Waals surface area (Å²) >= 11 is 0. The maximum Gasteiger partial charge on any atom is 0.333 e. The first-order chi connectivity index (χ1) is 11.1. The molecule has 1 unspecified atom stereocenters. The summed E-state index contributed by atoms with van der Waals surface area (Å²) in [5.41, 5.74) is 5.58. The van der Waals surface area contributed by atoms with Gasteiger partial charge >= 0.3 is 5.97 Å². The summed E-state index contributed by atoms with van der Waals surface area (Å²) in [6, 6.07) is 8.76. The zero-order valence-corrected chi connectivity index (χ0v) is 13.1. The predicted molar refractivity (Wildman–Crippen MR) is 94.2 cm³/mol. The summed E-state index contributed by atoms with van der Waals surface area (Å²) in [5.74, 6) is -0.226. The molecule has 2 heteroatoms. The molecule has 0 aliphatic heterocycles. The molecule has 4 rings (SSSR count). The number of carbonyl (C=O) groups excluding carboxylic acids is 1. The monoisotopic (exact) mass is 302 g/mol. The highest BCUT2D eigenvalue weighted by Crippen LogP contribution is 2.40. The molecule has 0 spiro atoms. The van der Waals surface area contributed by atoms with Crippen molar-refractivity contribution in [2.75, 3.05) is 6.61 Å². The number of esters is 1. The summed E-state index contributed by atoms with van der Waals surface area (Å²) in [4.78, 5) is 11.7. The molecule has 2 aliphatic rings. The van der Waals surface area contributed by atoms with Crippen LogP contribution in [0.25, 0.3) is 22.9 Å². The zero-order chi connectivity index (χ0) is 16.0. The van der Waals surface area contributed by atoms with Gasteiger partial charge in [0.05, 0.1) is 0 Å². The van der Waals surface area contributed by atoms with Crippen LogP contribution in [0.4, 0.5) is 0 Å². The minimum absolute atomic E-state index is 0.0982. The largest absolute Gasteiger partial charge is 0.461 e. The number of rotatable bonds is 3. The Morgan fingerprint density at radius 3 is 2.78 bits per heavy atom. The van der Waals surface area contributed by atoms with Crippen molar-refractivity contribution in [1.29, 1.82) is 0 Å². The second-order valence-electron chi connectivity index (χ2n) is 6.26. The van der Waals surface area contributed by atoms with Crippen molar-refractivity contribution in [2.45, 2.75) is 19.3 Å². The number of hydrogen-bond acceptors (Lipinski definition) is 2. The maximum absolute atomic E-state index is 11.7. The molecule has 2 aliphatic carbocycles. The van der Waals surface area contributed by atoms with Crippen molar-refractivity contribution in [3.63, 3.8) is 0 Å². The lowest BCUT2D eigenvalue weighted by atomic mass is 9.81. The van der Waals surface area contributed by atoms with Crippen molar-refractivity contribution < 1.29 is 9.53 Å². The van der Waals surface area contributed by atoms with E-state index in [4.69, 9.17) is 4.74 Å². The van der Waals surface area contributed by atoms with Gasteiger partial charge in [0.25, 0.3) is 0 Å². The van der Waals surface area contributed by atoms with E-state index >= 15 is 0 Å². The summed E-state index contributed by atoms with van der Waals surface area (Å²) in [6.45, 7) is 5.67. The zero-order valence-electron chi connectivity index (χ0n) is 13.1. The van der Waals surface area contributed by atoms with Gasteiger partial charge in [-0.25, -0.2) is 4.79 Å². The Balaban J connectivity index is 1.79. The van der Waals surface area contributed by atoms with E-state index in [0.29, 0.717) is 12.2 Å². The lowest BCUT2D eigenvalue weighted by molar-refractivity contribution is -0.139. The Kier molecular flexibility index (Phi) is 3.19. The van der Waals surface area contributed by atoms with Crippen molar-refractivity contribution in [3.8, 4) is 0 Å². The summed E-state index contributed by atoms with van der Waals surface area (Å²) in [5, 5.41) is 2.66. The number of allylic oxidation sites excluding steroid dienone is 1. The van der Waals surface area contributed by atoms with Crippen LogP contribution in [0.5, 0.6) is 0 Å². The molecule has 2 aromatic rings. The van der Waals surface area contributed by atoms with E-state index in [1.807, 2.05) is 0 Å². The second kappa shape index (κ2) is 5.24. The molecule has 0 radical (unpaired) electrons. The van der Waals surface area contributed by atoms with Crippen LogP contribution in [0.2, 0.25) is 0 Å². The van der Waals surface area contributed by atoms with E-state index in [2.05, 4.69) is 55.1 Å². The van der Waals surface area contributed by atoms with Crippen LogP contribution in [-0.4, -0.2) is 12.6 Å². The fraction of sp³-hybridized carbons (Fsp3) is 0.190. The van der Waals surface area contributed by atoms with Crippen LogP contribution < -0.4 is 0 Å². The fourth-order valence-electron chi connectivity index (χ4n) is 3.48. The maximum atomic E-state index is 11.7. The highest BCUT2D eigenvalue weighted by molar-refractivity contribution is 6.03. The van der Waals surface area contributed by atoms with Gasteiger partial charge < -0.3 is 4.74 Å². The number of hydrogen-bond donors (Lipinski definition) is 0. The molecule has 0 saturated carbocycles. The first-order valence-corrected chi connectivity index (χ1v) is 7.91. The number of benzene rings is 2. The van der Waals surface area contributed by atoms with E-state index in [9.17, 15) is 4.79 Å². The van der Waals surface area contributed by atoms with Gasteiger partial charge in [-0.05, 0) is 46.4 Å². The molecule has 2 aromatic carbocycles. The van der Waals surface area contributed by atoms with Crippen LogP contribution in [-0.2, 0) is 16.0 Å². The van der Waals surface area contributed by atoms with Crippen LogP contribution in [0.3, 0.4) is 0 Å². The van der Waals surface area contributed by atoms with Crippen LogP contribution in [0, 0.1) is 0 Å². The van der Waals surface area contributed by atoms with Gasteiger partial charge in [0.1, 0.15) is 6.61 Å². The lowest BCUT2D eigenvalue weighted by Gasteiger charge is -2.24. The Labute approximate surface area is 135 Å². The Morgan fingerprint density at radius 2 is 1.96 bits per heavy atom. The van der Waals surface area contributed by atoms with Crippen LogP contribution >= 0.6 is 0 Å². The molecule has 0 amide bonds. The Morgan fingerprint density at radius 1 is 1.17 bits per heavy atom. The molecule has 1 atom stereocenters. The topological polar surface area (TPSA) is 26.3 Å². The number of ether oxygens (including phenoxy) is 1. The molecule has 0 heterocycles. The summed E-state index contributed by atoms with van der Waals surface area (Å²) in [7, 11) is 0. The van der Waals surface area contributed by atoms with E-state index in [0.717, 1.165) is 6.42 Å². The third-order valence-electron chi connectivity index (χ3n) is 4.63. The molecule has 0 N–H and O–H groups in total. The third kappa shape index (κ3) is 2.22. The van der Waals surface area contributed by atoms with E-state index in [1.54, 1.807) is 6.92 Å². The summed E-state index contributed by atoms with van der Waals surface area (Å²) in [6.07, 6.45) is 9.66. The Hall–Kier alpha value is -2.61. The quantitative estimate of drug-likeness (QED) is 0.610. The van der Waals surface area contributed by atoms with Crippen LogP contribution in [0.15, 0.2) is 48.6 Å². The minimum Gasteiger partial charge on any atom is -0.461 e. The van der Waals surface area contributed by atoms with Gasteiger partial charge in [0.15, 0.2) is 0 Å². The van der Waals surface area contributed by atoms with Gasteiger partial charge in [0.2, 0.25) is 0 Å². The normalized spacial score (nSPS) is 17.3. The first-order valence-electron chi connectivity index (χ1n) is 7.91. The van der Waals surface area contributed by atoms with Gasteiger partial charge in [0, 0.05) is 11.5 Å². The SMILES string of the molecule is C=C(C)C(=O)OCC1C=Cc2ccc3c4c(ccc1c24)C=CC3. The van der Waals surface area contributed by atoms with Crippen molar-refractivity contribution in [1.82, 2.24) is 0 Å². The Bertz CT molecular complexity index is 900. The van der Waals surface area contributed by atoms with E-state index in [1.165, 1.54) is 33.0 Å². The molecule has 114 valence electrons. The average Bonchev–Trinajstić information content (AvgIpc) is 2.58. The molecule has 23 heavy (non-hydrogen) atoms. The minimum atomic E-state index is -0.324. The van der Waals surface area contributed by atoms with E-state index in [-0.39, 0.29) is 11.9 Å². The molecule has 2 nitrogen and oxygen atoms in total. The molecule has 0 aromatic heterocycles. The van der Waals surface area contributed by atoms with Gasteiger partial charge in [-0.3, -0.25) is 0 Å². The molecule has 0 fully saturated rings. The molecular weight excluding hydrogens is 284 g/mol. The van der Waals surface area contributed by atoms with Gasteiger partial charge in [-0.15, -0.1) is 0 Å². The summed E-state index contributed by atoms with van der Waals surface area (Å²) < 4.78 is 5.39. The van der Waals surface area contributed by atoms with Gasteiger partial charge in [-0.2, -0.15) is 0 Å². The van der Waals surface area contributed by atoms with Crippen LogP contribution in [0.1, 0.15) is 35.1 Å². The molecule has 0 bridgehead atoms. The lowest BCUT2D eigenvalue weighted by Crippen LogP contribution is -2.14. The first kappa shape index (κ1) is 14.0. The third-order valence-corrected chi connectivity index (χ3v) is 4.63. The smallest absolute Gasteiger partial charge is 0.333 e. The molecule has 0 saturated heterocycles. The van der Waals surface area contributed by atoms with E-state index < -0.39 is 0 Å². The standard InChI is InChI=1S/C21H18O2/c1-13(2)21(22)23-12-17-9-8-16-7-6-14-4-3-5-15-10-11-18(17)20(16)19(14)15/h3,5-11,17H,1,4,12H2,2H3. The molecular formula is C21H18O2. The second-order valence-corrected chi connectivity index (χ2v) is 6.26. The fourth-order valence-corrected chi connectivity index (χ4v) is 3.48. The van der Waals surface area contributed by atoms with Crippen molar-refractivity contribution in [3.05, 3.63) is 70.8 Å². The van der Waals surface area contributed by atoms with Gasteiger partial charge in [-0.1, -0.05) is 55.1 Å². The highest BCUT2D eigenvalue weighted by Gasteiger charge is 2.22. The predicted octanol–water partition coefficient (Wildman–Crippen LogP) is 4.64. The van der Waals surface area contributed by atoms with Crippen molar-refractivity contribution in [2.24, 2.45) is 0 Å². The average molecular weight is 302 g/mol. The van der Waals surface area contributed by atoms with Crippen molar-refractivity contribution >= 4 is 28.9 Å². The number of carbonyl (C=O) groups is 1.